The minimum Gasteiger partial charge on any atom is -0.481 e. The van der Waals surface area contributed by atoms with E-state index in [1.807, 2.05) is 30.3 Å². The smallest absolute Gasteiger partial charge is 0.305 e. The molecule has 3 heterocycles. The number of aromatic nitrogens is 1. The number of hydrogen-bond acceptors (Lipinski definition) is 6. The minimum atomic E-state index is -0.931. The second kappa shape index (κ2) is 7.14. The number of rotatable bonds is 4. The number of carboxylic acids is 1. The Morgan fingerprint density at radius 2 is 2.08 bits per heavy atom. The summed E-state index contributed by atoms with van der Waals surface area (Å²) in [6.45, 7) is 1.09. The predicted molar refractivity (Wildman–Crippen MR) is 101 cm³/mol. The zero-order valence-electron chi connectivity index (χ0n) is 13.8. The summed E-state index contributed by atoms with van der Waals surface area (Å²) >= 11 is 2.99. The van der Waals surface area contributed by atoms with E-state index < -0.39 is 12.0 Å². The zero-order chi connectivity index (χ0) is 18.1. The highest BCUT2D eigenvalue weighted by atomic mass is 32.1. The molecule has 8 heteroatoms. The molecule has 1 unspecified atom stereocenters. The molecule has 0 bridgehead atoms. The van der Waals surface area contributed by atoms with Gasteiger partial charge in [-0.2, -0.15) is 0 Å². The lowest BCUT2D eigenvalue weighted by molar-refractivity contribution is -0.139. The third-order valence-electron chi connectivity index (χ3n) is 4.22. The average molecular weight is 388 g/mol. The molecule has 3 aromatic rings. The highest BCUT2D eigenvalue weighted by Gasteiger charge is 2.30. The molecule has 26 heavy (non-hydrogen) atoms. The minimum absolute atomic E-state index is 0.109. The van der Waals surface area contributed by atoms with Gasteiger partial charge in [0.2, 0.25) is 0 Å². The van der Waals surface area contributed by atoms with E-state index in [1.165, 1.54) is 11.3 Å². The van der Waals surface area contributed by atoms with Crippen molar-refractivity contribution in [1.29, 1.82) is 0 Å². The molecule has 1 aliphatic rings. The maximum atomic E-state index is 12.9. The van der Waals surface area contributed by atoms with Crippen molar-refractivity contribution >= 4 is 44.8 Å². The van der Waals surface area contributed by atoms with Crippen LogP contribution in [0.25, 0.3) is 20.1 Å². The van der Waals surface area contributed by atoms with Crippen LogP contribution in [0.5, 0.6) is 0 Å². The van der Waals surface area contributed by atoms with Crippen molar-refractivity contribution in [2.75, 3.05) is 19.8 Å². The van der Waals surface area contributed by atoms with Crippen LogP contribution in [0.4, 0.5) is 0 Å². The molecule has 1 atom stereocenters. The van der Waals surface area contributed by atoms with Gasteiger partial charge in [-0.15, -0.1) is 22.7 Å². The standard InChI is InChI=1S/C18H16N2O4S2/c21-16(22)9-11-10-24-8-7-20(11)18(23)15-6-5-14(25-15)17-19-12-3-1-2-4-13(12)26-17/h1-6,11H,7-10H2,(H,21,22). The number of hydrogen-bond donors (Lipinski definition) is 1. The van der Waals surface area contributed by atoms with Crippen molar-refractivity contribution < 1.29 is 19.4 Å². The molecular formula is C18H16N2O4S2. The third-order valence-corrected chi connectivity index (χ3v) is 6.50. The number of thiophene rings is 1. The van der Waals surface area contributed by atoms with Gasteiger partial charge >= 0.3 is 5.97 Å². The summed E-state index contributed by atoms with van der Waals surface area (Å²) < 4.78 is 6.46. The van der Waals surface area contributed by atoms with Gasteiger partial charge in [0.05, 0.1) is 45.6 Å². The molecule has 134 valence electrons. The monoisotopic (exact) mass is 388 g/mol. The van der Waals surface area contributed by atoms with Gasteiger partial charge in [-0.3, -0.25) is 9.59 Å². The fourth-order valence-corrected chi connectivity index (χ4v) is 4.96. The maximum Gasteiger partial charge on any atom is 0.305 e. The lowest BCUT2D eigenvalue weighted by Gasteiger charge is -2.34. The van der Waals surface area contributed by atoms with E-state index >= 15 is 0 Å². The van der Waals surface area contributed by atoms with Gasteiger partial charge in [-0.25, -0.2) is 4.98 Å². The molecule has 0 radical (unpaired) electrons. The van der Waals surface area contributed by atoms with Gasteiger partial charge in [0.1, 0.15) is 5.01 Å². The summed E-state index contributed by atoms with van der Waals surface area (Å²) in [5.74, 6) is -1.07. The number of morpholine rings is 1. The molecule has 1 N–H and O–H groups in total. The maximum absolute atomic E-state index is 12.9. The van der Waals surface area contributed by atoms with Crippen molar-refractivity contribution in [2.45, 2.75) is 12.5 Å². The summed E-state index contributed by atoms with van der Waals surface area (Å²) in [5, 5.41) is 9.95. The van der Waals surface area contributed by atoms with Crippen molar-refractivity contribution in [3.8, 4) is 9.88 Å². The number of ether oxygens (including phenoxy) is 1. The molecule has 1 aliphatic heterocycles. The Morgan fingerprint density at radius 3 is 2.88 bits per heavy atom. The first-order chi connectivity index (χ1) is 12.6. The van der Waals surface area contributed by atoms with E-state index in [9.17, 15) is 9.59 Å². The second-order valence-electron chi connectivity index (χ2n) is 5.98. The van der Waals surface area contributed by atoms with Crippen LogP contribution in [0.15, 0.2) is 36.4 Å². The number of carbonyl (C=O) groups excluding carboxylic acids is 1. The van der Waals surface area contributed by atoms with Crippen LogP contribution in [0.2, 0.25) is 0 Å². The second-order valence-corrected chi connectivity index (χ2v) is 8.09. The van der Waals surface area contributed by atoms with Crippen molar-refractivity contribution in [3.63, 3.8) is 0 Å². The molecule has 1 amide bonds. The molecule has 0 aliphatic carbocycles. The first kappa shape index (κ1) is 17.1. The van der Waals surface area contributed by atoms with E-state index in [4.69, 9.17) is 9.84 Å². The highest BCUT2D eigenvalue weighted by molar-refractivity contribution is 7.26. The van der Waals surface area contributed by atoms with Crippen molar-refractivity contribution in [2.24, 2.45) is 0 Å². The molecular weight excluding hydrogens is 372 g/mol. The molecule has 1 saturated heterocycles. The topological polar surface area (TPSA) is 79.7 Å². The molecule has 4 rings (SSSR count). The Bertz CT molecular complexity index is 932. The zero-order valence-corrected chi connectivity index (χ0v) is 15.4. The molecule has 2 aromatic heterocycles. The number of carboxylic acid groups (broad SMARTS) is 1. The van der Waals surface area contributed by atoms with E-state index in [0.29, 0.717) is 18.0 Å². The van der Waals surface area contributed by atoms with E-state index in [-0.39, 0.29) is 18.9 Å². The van der Waals surface area contributed by atoms with Gasteiger partial charge in [0.15, 0.2) is 0 Å². The van der Waals surface area contributed by atoms with Crippen LogP contribution >= 0.6 is 22.7 Å². The van der Waals surface area contributed by atoms with Crippen LogP contribution in [0.3, 0.4) is 0 Å². The molecule has 0 saturated carbocycles. The summed E-state index contributed by atoms with van der Waals surface area (Å²) in [6, 6.07) is 11.2. The molecule has 1 fully saturated rings. The average Bonchev–Trinajstić information content (AvgIpc) is 3.28. The van der Waals surface area contributed by atoms with Crippen molar-refractivity contribution in [1.82, 2.24) is 9.88 Å². The Balaban J connectivity index is 1.58. The van der Waals surface area contributed by atoms with Gasteiger partial charge in [0.25, 0.3) is 5.91 Å². The SMILES string of the molecule is O=C(O)CC1COCCN1C(=O)c1ccc(-c2nc3ccccc3s2)s1. The number of amides is 1. The van der Waals surface area contributed by atoms with Crippen LogP contribution in [-0.2, 0) is 9.53 Å². The van der Waals surface area contributed by atoms with Gasteiger partial charge in [-0.1, -0.05) is 12.1 Å². The first-order valence-electron chi connectivity index (χ1n) is 8.18. The number of aliphatic carboxylic acids is 1. The Kier molecular flexibility index (Phi) is 4.71. The highest BCUT2D eigenvalue weighted by Crippen LogP contribution is 2.35. The summed E-state index contributed by atoms with van der Waals surface area (Å²) in [6.07, 6.45) is -0.109. The van der Waals surface area contributed by atoms with Crippen molar-refractivity contribution in [3.05, 3.63) is 41.3 Å². The first-order valence-corrected chi connectivity index (χ1v) is 9.81. The lowest BCUT2D eigenvalue weighted by Crippen LogP contribution is -2.49. The largest absolute Gasteiger partial charge is 0.481 e. The van der Waals surface area contributed by atoms with Crippen LogP contribution in [-0.4, -0.2) is 52.7 Å². The third kappa shape index (κ3) is 3.35. The fourth-order valence-electron chi connectivity index (χ4n) is 2.98. The number of benzene rings is 1. The van der Waals surface area contributed by atoms with E-state index in [1.54, 1.807) is 22.3 Å². The van der Waals surface area contributed by atoms with Gasteiger partial charge < -0.3 is 14.7 Å². The molecule has 6 nitrogen and oxygen atoms in total. The Morgan fingerprint density at radius 1 is 1.23 bits per heavy atom. The number of para-hydroxylation sites is 1. The van der Waals surface area contributed by atoms with Gasteiger partial charge in [-0.05, 0) is 24.3 Å². The summed E-state index contributed by atoms with van der Waals surface area (Å²) in [7, 11) is 0. The van der Waals surface area contributed by atoms with E-state index in [0.717, 1.165) is 20.1 Å². The van der Waals surface area contributed by atoms with Crippen LogP contribution < -0.4 is 0 Å². The van der Waals surface area contributed by atoms with Gasteiger partial charge in [0, 0.05) is 6.54 Å². The van der Waals surface area contributed by atoms with Crippen LogP contribution in [0, 0.1) is 0 Å². The Hall–Kier alpha value is -2.29. The van der Waals surface area contributed by atoms with Crippen LogP contribution in [0.1, 0.15) is 16.1 Å². The summed E-state index contributed by atoms with van der Waals surface area (Å²) in [4.78, 5) is 31.7. The summed E-state index contributed by atoms with van der Waals surface area (Å²) in [5.41, 5.74) is 0.948. The number of nitrogens with zero attached hydrogens (tertiary/aromatic N) is 2. The number of carbonyl (C=O) groups is 2. The quantitative estimate of drug-likeness (QED) is 0.741. The fraction of sp³-hybridized carbons (Fsp3) is 0.278. The number of fused-ring (bicyclic) bond motifs is 1. The molecule has 1 aromatic carbocycles. The lowest BCUT2D eigenvalue weighted by atomic mass is 10.1. The molecule has 0 spiro atoms. The Labute approximate surface area is 157 Å². The number of thiazole rings is 1. The predicted octanol–water partition coefficient (Wildman–Crippen LogP) is 3.34. The normalized spacial score (nSPS) is 17.5. The van der Waals surface area contributed by atoms with E-state index in [2.05, 4.69) is 4.98 Å².